The summed E-state index contributed by atoms with van der Waals surface area (Å²) >= 11 is 4.79. The third kappa shape index (κ3) is 2.77. The van der Waals surface area contributed by atoms with Gasteiger partial charge in [0.1, 0.15) is 10.7 Å². The third-order valence-corrected chi connectivity index (χ3v) is 4.08. The molecule has 0 heterocycles. The molecule has 0 atom stereocenters. The summed E-state index contributed by atoms with van der Waals surface area (Å²) in [6, 6.07) is 2.57. The lowest BCUT2D eigenvalue weighted by Gasteiger charge is -2.02. The van der Waals surface area contributed by atoms with Crippen molar-refractivity contribution in [2.45, 2.75) is 4.90 Å². The van der Waals surface area contributed by atoms with Crippen LogP contribution in [0, 0.1) is 9.39 Å². The molecule has 0 spiro atoms. The normalized spacial score (nSPS) is 11.7. The van der Waals surface area contributed by atoms with Crippen LogP contribution in [-0.2, 0) is 9.05 Å². The highest BCUT2D eigenvalue weighted by atomic mass is 127. The zero-order valence-electron chi connectivity index (χ0n) is 5.89. The molecule has 0 aliphatic heterocycles. The molecule has 7 heteroatoms. The van der Waals surface area contributed by atoms with Crippen molar-refractivity contribution < 1.29 is 12.8 Å². The maximum atomic E-state index is 13.1. The van der Waals surface area contributed by atoms with Gasteiger partial charge in [-0.1, -0.05) is 0 Å². The molecular weight excluding hydrogens is 397 g/mol. The van der Waals surface area contributed by atoms with E-state index >= 15 is 0 Å². The van der Waals surface area contributed by atoms with E-state index < -0.39 is 19.8 Å². The Bertz CT molecular complexity index is 425. The van der Waals surface area contributed by atoms with Crippen LogP contribution in [0.2, 0.25) is 0 Å². The molecule has 0 amide bonds. The summed E-state index contributed by atoms with van der Waals surface area (Å²) < 4.78 is 35.6. The van der Waals surface area contributed by atoms with Gasteiger partial charge in [0, 0.05) is 18.7 Å². The second kappa shape index (κ2) is 4.00. The molecule has 0 aromatic heterocycles. The van der Waals surface area contributed by atoms with Crippen LogP contribution in [0.15, 0.2) is 21.5 Å². The minimum absolute atomic E-state index is 0.131. The Hall–Kier alpha value is 0.600. The van der Waals surface area contributed by atoms with Gasteiger partial charge in [0.25, 0.3) is 9.05 Å². The zero-order chi connectivity index (χ0) is 10.2. The summed E-state index contributed by atoms with van der Waals surface area (Å²) in [6.45, 7) is 0. The maximum absolute atomic E-state index is 13.1. The molecule has 72 valence electrons. The fourth-order valence-electron chi connectivity index (χ4n) is 0.762. The Morgan fingerprint density at radius 2 is 2.00 bits per heavy atom. The average Bonchev–Trinajstić information content (AvgIpc) is 1.78. The zero-order valence-corrected chi connectivity index (χ0v) is 11.2. The molecule has 0 unspecified atom stereocenters. The van der Waals surface area contributed by atoms with Crippen molar-refractivity contribution >= 4 is 58.3 Å². The van der Waals surface area contributed by atoms with E-state index in [1.165, 1.54) is 6.07 Å². The van der Waals surface area contributed by atoms with E-state index in [4.69, 9.17) is 10.7 Å². The lowest BCUT2D eigenvalue weighted by molar-refractivity contribution is 0.573. The standard InChI is InChI=1S/C6H2BrClFIO2S/c7-4-1-3(10)2-5(9)6(4)13(8,11)12/h1-2H. The van der Waals surface area contributed by atoms with Crippen LogP contribution in [0.4, 0.5) is 4.39 Å². The number of rotatable bonds is 1. The predicted molar refractivity (Wildman–Crippen MR) is 59.9 cm³/mol. The summed E-state index contributed by atoms with van der Waals surface area (Å²) in [5.74, 6) is -0.853. The summed E-state index contributed by atoms with van der Waals surface area (Å²) in [6.07, 6.45) is 0. The molecule has 1 aromatic carbocycles. The Morgan fingerprint density at radius 1 is 1.46 bits per heavy atom. The lowest BCUT2D eigenvalue weighted by atomic mass is 10.3. The number of hydrogen-bond donors (Lipinski definition) is 0. The third-order valence-electron chi connectivity index (χ3n) is 1.21. The van der Waals surface area contributed by atoms with E-state index in [9.17, 15) is 12.8 Å². The number of benzene rings is 1. The minimum atomic E-state index is -4.03. The first-order valence-corrected chi connectivity index (χ1v) is 7.09. The van der Waals surface area contributed by atoms with E-state index in [2.05, 4.69) is 15.9 Å². The number of hydrogen-bond acceptors (Lipinski definition) is 2. The maximum Gasteiger partial charge on any atom is 0.265 e. The SMILES string of the molecule is O=S(=O)(Cl)c1c(F)cc(I)cc1Br. The van der Waals surface area contributed by atoms with Crippen molar-refractivity contribution in [3.63, 3.8) is 0 Å². The molecule has 2 nitrogen and oxygen atoms in total. The molecule has 0 aliphatic rings. The average molecular weight is 399 g/mol. The Morgan fingerprint density at radius 3 is 2.38 bits per heavy atom. The molecule has 0 radical (unpaired) electrons. The fraction of sp³-hybridized carbons (Fsp3) is 0. The molecule has 0 aliphatic carbocycles. The first-order valence-electron chi connectivity index (χ1n) is 2.91. The first kappa shape index (κ1) is 11.7. The summed E-state index contributed by atoms with van der Waals surface area (Å²) in [5, 5.41) is 0. The van der Waals surface area contributed by atoms with Gasteiger partial charge in [-0.05, 0) is 50.7 Å². The smallest absolute Gasteiger partial charge is 0.207 e. The van der Waals surface area contributed by atoms with Crippen molar-refractivity contribution in [1.29, 1.82) is 0 Å². The van der Waals surface area contributed by atoms with Gasteiger partial charge in [-0.15, -0.1) is 0 Å². The minimum Gasteiger partial charge on any atom is -0.207 e. The van der Waals surface area contributed by atoms with Gasteiger partial charge in [0.15, 0.2) is 0 Å². The molecule has 0 fully saturated rings. The van der Waals surface area contributed by atoms with E-state index in [1.807, 2.05) is 22.6 Å². The van der Waals surface area contributed by atoms with Gasteiger partial charge in [0.2, 0.25) is 0 Å². The fourth-order valence-corrected chi connectivity index (χ4v) is 4.18. The predicted octanol–water partition coefficient (Wildman–Crippen LogP) is 3.12. The highest BCUT2D eigenvalue weighted by Crippen LogP contribution is 2.29. The molecule has 1 rings (SSSR count). The van der Waals surface area contributed by atoms with Crippen LogP contribution in [0.5, 0.6) is 0 Å². The first-order chi connectivity index (χ1) is 5.82. The molecule has 13 heavy (non-hydrogen) atoms. The van der Waals surface area contributed by atoms with Crippen LogP contribution in [0.3, 0.4) is 0 Å². The molecule has 0 saturated heterocycles. The van der Waals surface area contributed by atoms with E-state index in [-0.39, 0.29) is 4.47 Å². The van der Waals surface area contributed by atoms with Gasteiger partial charge in [-0.25, -0.2) is 12.8 Å². The van der Waals surface area contributed by atoms with Crippen molar-refractivity contribution in [3.05, 3.63) is 26.0 Å². The highest BCUT2D eigenvalue weighted by molar-refractivity contribution is 14.1. The lowest BCUT2D eigenvalue weighted by Crippen LogP contribution is -1.97. The molecular formula is C6H2BrClFIO2S. The number of halogens is 4. The van der Waals surface area contributed by atoms with Crippen LogP contribution in [0.25, 0.3) is 0 Å². The van der Waals surface area contributed by atoms with Crippen molar-refractivity contribution in [2.24, 2.45) is 0 Å². The topological polar surface area (TPSA) is 34.1 Å². The van der Waals surface area contributed by atoms with Crippen molar-refractivity contribution in [1.82, 2.24) is 0 Å². The van der Waals surface area contributed by atoms with Crippen molar-refractivity contribution in [3.8, 4) is 0 Å². The largest absolute Gasteiger partial charge is 0.265 e. The van der Waals surface area contributed by atoms with Gasteiger partial charge < -0.3 is 0 Å². The van der Waals surface area contributed by atoms with Gasteiger partial charge >= 0.3 is 0 Å². The van der Waals surface area contributed by atoms with Gasteiger partial charge in [-0.2, -0.15) is 0 Å². The Balaban J connectivity index is 3.57. The van der Waals surface area contributed by atoms with E-state index in [0.717, 1.165) is 6.07 Å². The summed E-state index contributed by atoms with van der Waals surface area (Å²) in [7, 11) is 0.987. The van der Waals surface area contributed by atoms with Crippen LogP contribution >= 0.6 is 49.2 Å². The molecule has 0 bridgehead atoms. The van der Waals surface area contributed by atoms with E-state index in [1.54, 1.807) is 0 Å². The molecule has 1 aromatic rings. The van der Waals surface area contributed by atoms with Gasteiger partial charge in [-0.3, -0.25) is 0 Å². The Labute approximate surface area is 101 Å². The van der Waals surface area contributed by atoms with Crippen molar-refractivity contribution in [2.75, 3.05) is 0 Å². The second-order valence-corrected chi connectivity index (χ2v) is 6.74. The molecule has 0 N–H and O–H groups in total. The monoisotopic (exact) mass is 398 g/mol. The van der Waals surface area contributed by atoms with Gasteiger partial charge in [0.05, 0.1) is 0 Å². The van der Waals surface area contributed by atoms with E-state index in [0.29, 0.717) is 3.57 Å². The summed E-state index contributed by atoms with van der Waals surface area (Å²) in [5.41, 5.74) is 0. The van der Waals surface area contributed by atoms with Crippen LogP contribution < -0.4 is 0 Å². The highest BCUT2D eigenvalue weighted by Gasteiger charge is 2.20. The Kier molecular flexibility index (Phi) is 3.59. The second-order valence-electron chi connectivity index (χ2n) is 2.14. The van der Waals surface area contributed by atoms with Crippen LogP contribution in [0.1, 0.15) is 0 Å². The van der Waals surface area contributed by atoms with Crippen LogP contribution in [-0.4, -0.2) is 8.42 Å². The summed E-state index contributed by atoms with van der Waals surface area (Å²) in [4.78, 5) is -0.519. The quantitative estimate of drug-likeness (QED) is 0.537. The molecule has 0 saturated carbocycles.